The maximum atomic E-state index is 12.5. The third-order valence-corrected chi connectivity index (χ3v) is 6.81. The first-order valence-corrected chi connectivity index (χ1v) is 14.6. The third kappa shape index (κ3) is 13.0. The van der Waals surface area contributed by atoms with Crippen molar-refractivity contribution in [3.05, 3.63) is 23.8 Å². The molecule has 42 heavy (non-hydrogen) atoms. The number of carboxylic acids is 1. The van der Waals surface area contributed by atoms with Gasteiger partial charge in [-0.1, -0.05) is 59.4 Å². The Balaban J connectivity index is 3.31. The molecule has 0 fully saturated rings. The fourth-order valence-electron chi connectivity index (χ4n) is 3.97. The van der Waals surface area contributed by atoms with Crippen molar-refractivity contribution >= 4 is 24.4 Å². The van der Waals surface area contributed by atoms with Crippen LogP contribution in [0.2, 0.25) is 0 Å². The SMILES string of the molecule is CCCCCOC(=O)Oc1ccc(C(C(C)C(C)OC(=O)OC(C)CC)[C@H](N)C(=O)O)cc1OC(=O)OCCCCC. The van der Waals surface area contributed by atoms with Gasteiger partial charge in [-0.2, -0.15) is 0 Å². The summed E-state index contributed by atoms with van der Waals surface area (Å²) in [5.74, 6) is -3.19. The van der Waals surface area contributed by atoms with Gasteiger partial charge in [0.25, 0.3) is 0 Å². The van der Waals surface area contributed by atoms with Crippen molar-refractivity contribution < 1.29 is 52.7 Å². The van der Waals surface area contributed by atoms with Gasteiger partial charge in [0.1, 0.15) is 18.2 Å². The van der Waals surface area contributed by atoms with E-state index in [1.165, 1.54) is 18.2 Å². The van der Waals surface area contributed by atoms with Crippen LogP contribution in [0, 0.1) is 5.92 Å². The molecule has 238 valence electrons. The van der Waals surface area contributed by atoms with Crippen LogP contribution in [0.5, 0.6) is 11.5 Å². The van der Waals surface area contributed by atoms with Gasteiger partial charge in [0.15, 0.2) is 11.5 Å². The van der Waals surface area contributed by atoms with Crippen LogP contribution in [0.1, 0.15) is 98.0 Å². The molecule has 0 saturated carbocycles. The van der Waals surface area contributed by atoms with Crippen molar-refractivity contribution in [3.8, 4) is 11.5 Å². The number of hydrogen-bond acceptors (Lipinski definition) is 11. The van der Waals surface area contributed by atoms with Gasteiger partial charge in [0.2, 0.25) is 0 Å². The van der Waals surface area contributed by atoms with E-state index < -0.39 is 48.4 Å². The van der Waals surface area contributed by atoms with E-state index in [0.717, 1.165) is 25.7 Å². The molecule has 0 radical (unpaired) electrons. The van der Waals surface area contributed by atoms with Gasteiger partial charge in [-0.3, -0.25) is 4.79 Å². The minimum absolute atomic E-state index is 0.132. The Kier molecular flexibility index (Phi) is 17.0. The number of rotatable bonds is 18. The Morgan fingerprint density at radius 1 is 0.786 bits per heavy atom. The van der Waals surface area contributed by atoms with E-state index in [2.05, 4.69) is 0 Å². The number of carbonyl (C=O) groups is 4. The minimum atomic E-state index is -1.43. The summed E-state index contributed by atoms with van der Waals surface area (Å²) in [5.41, 5.74) is 6.43. The van der Waals surface area contributed by atoms with Gasteiger partial charge in [0, 0.05) is 11.8 Å². The number of ether oxygens (including phenoxy) is 6. The molecule has 0 aromatic heterocycles. The van der Waals surface area contributed by atoms with Gasteiger partial charge in [-0.15, -0.1) is 0 Å². The Hall–Kier alpha value is -3.54. The second-order valence-electron chi connectivity index (χ2n) is 10.2. The molecule has 0 aliphatic heterocycles. The predicted octanol–water partition coefficient (Wildman–Crippen LogP) is 6.57. The lowest BCUT2D eigenvalue weighted by Crippen LogP contribution is -2.42. The molecular weight excluding hydrogens is 550 g/mol. The average Bonchev–Trinajstić information content (AvgIpc) is 2.94. The van der Waals surface area contributed by atoms with Crippen molar-refractivity contribution in [1.29, 1.82) is 0 Å². The topological polar surface area (TPSA) is 170 Å². The molecule has 1 aromatic carbocycles. The number of nitrogens with two attached hydrogens (primary N) is 1. The summed E-state index contributed by atoms with van der Waals surface area (Å²) in [4.78, 5) is 49.0. The van der Waals surface area contributed by atoms with Crippen LogP contribution in [0.3, 0.4) is 0 Å². The highest BCUT2D eigenvalue weighted by Crippen LogP contribution is 2.37. The highest BCUT2D eigenvalue weighted by molar-refractivity contribution is 5.75. The molecule has 0 spiro atoms. The zero-order valence-electron chi connectivity index (χ0n) is 25.6. The number of hydrogen-bond donors (Lipinski definition) is 2. The molecule has 1 rings (SSSR count). The summed E-state index contributed by atoms with van der Waals surface area (Å²) in [5, 5.41) is 9.78. The Morgan fingerprint density at radius 2 is 1.33 bits per heavy atom. The van der Waals surface area contributed by atoms with Crippen molar-refractivity contribution in [2.45, 2.75) is 111 Å². The maximum absolute atomic E-state index is 12.5. The molecule has 0 heterocycles. The average molecular weight is 598 g/mol. The summed E-state index contributed by atoms with van der Waals surface area (Å²) in [6, 6.07) is 2.76. The van der Waals surface area contributed by atoms with Gasteiger partial charge >= 0.3 is 24.4 Å². The molecule has 0 bridgehead atoms. The molecule has 0 saturated heterocycles. The van der Waals surface area contributed by atoms with E-state index in [0.29, 0.717) is 24.8 Å². The highest BCUT2D eigenvalue weighted by Gasteiger charge is 2.36. The Labute approximate surface area is 248 Å². The first kappa shape index (κ1) is 36.5. The van der Waals surface area contributed by atoms with Crippen LogP contribution in [0.15, 0.2) is 18.2 Å². The van der Waals surface area contributed by atoms with Crippen LogP contribution in [-0.4, -0.2) is 61.0 Å². The van der Waals surface area contributed by atoms with Crippen LogP contribution in [-0.2, 0) is 23.7 Å². The molecular formula is C30H47NO11. The largest absolute Gasteiger partial charge is 0.513 e. The molecule has 5 atom stereocenters. The lowest BCUT2D eigenvalue weighted by Gasteiger charge is -2.31. The van der Waals surface area contributed by atoms with Gasteiger partial charge < -0.3 is 39.3 Å². The van der Waals surface area contributed by atoms with E-state index in [9.17, 15) is 24.3 Å². The van der Waals surface area contributed by atoms with E-state index in [1.54, 1.807) is 20.8 Å². The molecule has 0 amide bonds. The Bertz CT molecular complexity index is 999. The van der Waals surface area contributed by atoms with E-state index in [4.69, 9.17) is 34.2 Å². The second kappa shape index (κ2) is 19.6. The van der Waals surface area contributed by atoms with Gasteiger partial charge in [-0.05, 0) is 50.8 Å². The lowest BCUT2D eigenvalue weighted by molar-refractivity contribution is -0.139. The quantitative estimate of drug-likeness (QED) is 0.0808. The molecule has 0 aliphatic carbocycles. The molecule has 12 nitrogen and oxygen atoms in total. The second-order valence-corrected chi connectivity index (χ2v) is 10.2. The van der Waals surface area contributed by atoms with Crippen LogP contribution >= 0.6 is 0 Å². The minimum Gasteiger partial charge on any atom is -0.480 e. The molecule has 1 aromatic rings. The van der Waals surface area contributed by atoms with Gasteiger partial charge in [0.05, 0.1) is 13.2 Å². The van der Waals surface area contributed by atoms with E-state index in [-0.39, 0.29) is 30.8 Å². The number of unbranched alkanes of at least 4 members (excludes halogenated alkanes) is 4. The smallest absolute Gasteiger partial charge is 0.480 e. The number of carboxylic acid groups (broad SMARTS) is 1. The first-order valence-electron chi connectivity index (χ1n) is 14.6. The monoisotopic (exact) mass is 597 g/mol. The van der Waals surface area contributed by atoms with Crippen LogP contribution in [0.25, 0.3) is 0 Å². The summed E-state index contributed by atoms with van der Waals surface area (Å²) in [6.07, 6.45) is 1.44. The molecule has 0 aliphatic rings. The van der Waals surface area contributed by atoms with Crippen molar-refractivity contribution in [2.24, 2.45) is 11.7 Å². The first-order chi connectivity index (χ1) is 19.9. The van der Waals surface area contributed by atoms with E-state index in [1.807, 2.05) is 20.8 Å². The zero-order chi connectivity index (χ0) is 31.7. The number of aliphatic carboxylic acids is 1. The van der Waals surface area contributed by atoms with Crippen LogP contribution < -0.4 is 15.2 Å². The third-order valence-electron chi connectivity index (χ3n) is 6.81. The van der Waals surface area contributed by atoms with E-state index >= 15 is 0 Å². The summed E-state index contributed by atoms with van der Waals surface area (Å²) in [7, 11) is 0. The summed E-state index contributed by atoms with van der Waals surface area (Å²) < 4.78 is 31.5. The maximum Gasteiger partial charge on any atom is 0.513 e. The fourth-order valence-corrected chi connectivity index (χ4v) is 3.97. The molecule has 4 unspecified atom stereocenters. The number of carbonyl (C=O) groups excluding carboxylic acids is 3. The summed E-state index contributed by atoms with van der Waals surface area (Å²) >= 11 is 0. The normalized spacial score (nSPS) is 14.5. The number of benzene rings is 1. The standard InChI is InChI=1S/C30H47NO11/c1-7-10-12-16-37-28(34)41-23-15-14-22(18-24(23)42-29(35)38-17-13-11-8-2)25(26(31)27(32)33)20(5)21(6)40-30(36)39-19(4)9-3/h14-15,18-21,25-26H,7-13,16-17,31H2,1-6H3,(H,32,33)/t19?,20?,21?,25?,26-/m0/s1. The van der Waals surface area contributed by atoms with Crippen molar-refractivity contribution in [3.63, 3.8) is 0 Å². The van der Waals surface area contributed by atoms with Crippen LogP contribution in [0.4, 0.5) is 14.4 Å². The summed E-state index contributed by atoms with van der Waals surface area (Å²) in [6.45, 7) is 11.2. The fraction of sp³-hybridized carbons (Fsp3) is 0.667. The van der Waals surface area contributed by atoms with Crippen molar-refractivity contribution in [2.75, 3.05) is 13.2 Å². The molecule has 12 heteroatoms. The van der Waals surface area contributed by atoms with Crippen molar-refractivity contribution in [1.82, 2.24) is 0 Å². The zero-order valence-corrected chi connectivity index (χ0v) is 25.6. The lowest BCUT2D eigenvalue weighted by atomic mass is 9.79. The highest BCUT2D eigenvalue weighted by atomic mass is 16.7. The molecule has 3 N–H and O–H groups in total. The Morgan fingerprint density at radius 3 is 1.83 bits per heavy atom. The predicted molar refractivity (Wildman–Crippen MR) is 154 cm³/mol. The van der Waals surface area contributed by atoms with Gasteiger partial charge in [-0.25, -0.2) is 14.4 Å².